The highest BCUT2D eigenvalue weighted by atomic mass is 19.4. The summed E-state index contributed by atoms with van der Waals surface area (Å²) in [5.74, 6) is 0.713. The van der Waals surface area contributed by atoms with Gasteiger partial charge in [0.25, 0.3) is 0 Å². The first kappa shape index (κ1) is 17.1. The van der Waals surface area contributed by atoms with Crippen molar-refractivity contribution in [3.63, 3.8) is 0 Å². The first-order chi connectivity index (χ1) is 10.0. The lowest BCUT2D eigenvalue weighted by Gasteiger charge is -2.47. The Bertz CT molecular complexity index is 509. The van der Waals surface area contributed by atoms with Gasteiger partial charge in [-0.25, -0.2) is 4.98 Å². The van der Waals surface area contributed by atoms with Crippen LogP contribution in [0, 0.1) is 11.3 Å². The molecule has 1 fully saturated rings. The van der Waals surface area contributed by atoms with E-state index in [1.165, 1.54) is 6.07 Å². The molecular formula is C16H23F3N2O. The van der Waals surface area contributed by atoms with E-state index in [0.717, 1.165) is 25.1 Å². The molecule has 1 aliphatic carbocycles. The number of pyridine rings is 1. The number of rotatable bonds is 3. The predicted molar refractivity (Wildman–Crippen MR) is 79.5 cm³/mol. The molecule has 0 aliphatic heterocycles. The van der Waals surface area contributed by atoms with Crippen molar-refractivity contribution >= 4 is 5.82 Å². The van der Waals surface area contributed by atoms with Crippen molar-refractivity contribution < 1.29 is 18.3 Å². The van der Waals surface area contributed by atoms with E-state index in [2.05, 4.69) is 24.1 Å². The molecule has 0 bridgehead atoms. The maximum Gasteiger partial charge on any atom is 0.417 e. The summed E-state index contributed by atoms with van der Waals surface area (Å²) in [7, 11) is 0. The van der Waals surface area contributed by atoms with Crippen molar-refractivity contribution in [2.75, 3.05) is 11.9 Å². The summed E-state index contributed by atoms with van der Waals surface area (Å²) in [4.78, 5) is 3.80. The van der Waals surface area contributed by atoms with Crippen LogP contribution in [0.15, 0.2) is 18.3 Å². The number of nitrogens with one attached hydrogen (secondary N) is 1. The van der Waals surface area contributed by atoms with E-state index in [0.29, 0.717) is 18.8 Å². The smallest absolute Gasteiger partial charge is 0.390 e. The Labute approximate surface area is 129 Å². The van der Waals surface area contributed by atoms with Crippen LogP contribution in [0.2, 0.25) is 0 Å². The Kier molecular flexibility index (Phi) is 4.44. The van der Waals surface area contributed by atoms with Gasteiger partial charge >= 0.3 is 6.18 Å². The van der Waals surface area contributed by atoms with Crippen LogP contribution in [-0.4, -0.2) is 22.2 Å². The van der Waals surface area contributed by atoms with Gasteiger partial charge in [0.2, 0.25) is 0 Å². The van der Waals surface area contributed by atoms with Gasteiger partial charge in [0.1, 0.15) is 5.82 Å². The fraction of sp³-hybridized carbons (Fsp3) is 0.688. The van der Waals surface area contributed by atoms with Crippen molar-refractivity contribution in [1.82, 2.24) is 4.98 Å². The molecule has 0 saturated heterocycles. The zero-order chi connectivity index (χ0) is 16.6. The summed E-state index contributed by atoms with van der Waals surface area (Å²) in [5.41, 5.74) is -1.60. The highest BCUT2D eigenvalue weighted by Gasteiger charge is 2.44. The second-order valence-corrected chi connectivity index (χ2v) is 7.08. The highest BCUT2D eigenvalue weighted by Crippen LogP contribution is 2.45. The van der Waals surface area contributed by atoms with Crippen LogP contribution in [0.4, 0.5) is 19.0 Å². The molecule has 1 aliphatic rings. The van der Waals surface area contributed by atoms with Crippen molar-refractivity contribution in [3.8, 4) is 0 Å². The zero-order valence-corrected chi connectivity index (χ0v) is 13.2. The lowest BCUT2D eigenvalue weighted by atomic mass is 9.63. The third-order valence-corrected chi connectivity index (χ3v) is 4.98. The molecule has 6 heteroatoms. The molecule has 0 amide bonds. The maximum absolute atomic E-state index is 12.5. The Morgan fingerprint density at radius 2 is 2.00 bits per heavy atom. The molecule has 1 heterocycles. The summed E-state index contributed by atoms with van der Waals surface area (Å²) < 4.78 is 37.4. The Balaban J connectivity index is 1.91. The fourth-order valence-corrected chi connectivity index (χ4v) is 2.86. The molecule has 1 aromatic rings. The SMILES string of the molecule is CC1(C)CCC(CNc2ccc(C(F)(F)F)cn2)CC1(C)O. The number of anilines is 1. The molecule has 1 saturated carbocycles. The zero-order valence-electron chi connectivity index (χ0n) is 13.2. The van der Waals surface area contributed by atoms with E-state index in [1.807, 2.05) is 6.92 Å². The number of hydrogen-bond acceptors (Lipinski definition) is 3. The minimum absolute atomic E-state index is 0.115. The molecule has 1 aromatic heterocycles. The minimum Gasteiger partial charge on any atom is -0.390 e. The lowest BCUT2D eigenvalue weighted by Crippen LogP contribution is -2.48. The Morgan fingerprint density at radius 3 is 2.50 bits per heavy atom. The number of hydrogen-bond donors (Lipinski definition) is 2. The van der Waals surface area contributed by atoms with E-state index >= 15 is 0 Å². The Hall–Kier alpha value is -1.30. The number of aliphatic hydroxyl groups is 1. The van der Waals surface area contributed by atoms with Crippen LogP contribution in [0.3, 0.4) is 0 Å². The quantitative estimate of drug-likeness (QED) is 0.883. The predicted octanol–water partition coefficient (Wildman–Crippen LogP) is 4.09. The van der Waals surface area contributed by atoms with E-state index in [1.54, 1.807) is 0 Å². The van der Waals surface area contributed by atoms with Gasteiger partial charge in [-0.2, -0.15) is 13.2 Å². The van der Waals surface area contributed by atoms with Gasteiger partial charge in [-0.3, -0.25) is 0 Å². The van der Waals surface area contributed by atoms with Crippen LogP contribution < -0.4 is 5.32 Å². The van der Waals surface area contributed by atoms with Gasteiger partial charge in [-0.1, -0.05) is 13.8 Å². The van der Waals surface area contributed by atoms with Gasteiger partial charge in [0.05, 0.1) is 11.2 Å². The van der Waals surface area contributed by atoms with Crippen LogP contribution in [-0.2, 0) is 6.18 Å². The number of halogens is 3. The number of alkyl halides is 3. The summed E-state index contributed by atoms with van der Waals surface area (Å²) in [5, 5.41) is 13.6. The average Bonchev–Trinajstić information content (AvgIpc) is 2.40. The first-order valence-electron chi connectivity index (χ1n) is 7.51. The molecule has 2 N–H and O–H groups in total. The van der Waals surface area contributed by atoms with Gasteiger partial charge in [-0.15, -0.1) is 0 Å². The normalized spacial score (nSPS) is 28.4. The molecule has 0 radical (unpaired) electrons. The summed E-state index contributed by atoms with van der Waals surface area (Å²) in [6.07, 6.45) is -0.946. The maximum atomic E-state index is 12.5. The number of aromatic nitrogens is 1. The van der Waals surface area contributed by atoms with E-state index < -0.39 is 17.3 Å². The largest absolute Gasteiger partial charge is 0.417 e. The van der Waals surface area contributed by atoms with Crippen molar-refractivity contribution in [1.29, 1.82) is 0 Å². The molecular weight excluding hydrogens is 293 g/mol. The Morgan fingerprint density at radius 1 is 1.32 bits per heavy atom. The second kappa shape index (κ2) is 5.72. The molecule has 3 nitrogen and oxygen atoms in total. The van der Waals surface area contributed by atoms with Gasteiger partial charge < -0.3 is 10.4 Å². The molecule has 2 rings (SSSR count). The fourth-order valence-electron chi connectivity index (χ4n) is 2.86. The van der Waals surface area contributed by atoms with Gasteiger partial charge in [-0.05, 0) is 49.7 Å². The van der Waals surface area contributed by atoms with Gasteiger partial charge in [0.15, 0.2) is 0 Å². The van der Waals surface area contributed by atoms with Crippen LogP contribution in [0.5, 0.6) is 0 Å². The lowest BCUT2D eigenvalue weighted by molar-refractivity contribution is -0.137. The van der Waals surface area contributed by atoms with Crippen LogP contribution >= 0.6 is 0 Å². The van der Waals surface area contributed by atoms with E-state index in [9.17, 15) is 18.3 Å². The molecule has 124 valence electrons. The van der Waals surface area contributed by atoms with Crippen LogP contribution in [0.25, 0.3) is 0 Å². The topological polar surface area (TPSA) is 45.2 Å². The van der Waals surface area contributed by atoms with E-state index in [-0.39, 0.29) is 11.3 Å². The summed E-state index contributed by atoms with van der Waals surface area (Å²) >= 11 is 0. The number of nitrogens with zero attached hydrogens (tertiary/aromatic N) is 1. The molecule has 0 spiro atoms. The summed E-state index contributed by atoms with van der Waals surface area (Å²) in [6, 6.07) is 2.36. The third-order valence-electron chi connectivity index (χ3n) is 4.98. The average molecular weight is 316 g/mol. The second-order valence-electron chi connectivity index (χ2n) is 7.08. The third kappa shape index (κ3) is 3.72. The molecule has 2 atom stereocenters. The van der Waals surface area contributed by atoms with Crippen LogP contribution in [0.1, 0.15) is 45.6 Å². The molecule has 0 aromatic carbocycles. The molecule has 2 unspecified atom stereocenters. The van der Waals surface area contributed by atoms with Gasteiger partial charge in [0, 0.05) is 12.7 Å². The minimum atomic E-state index is -4.36. The van der Waals surface area contributed by atoms with Crippen molar-refractivity contribution in [2.45, 2.75) is 51.8 Å². The molecule has 22 heavy (non-hydrogen) atoms. The van der Waals surface area contributed by atoms with Crippen molar-refractivity contribution in [2.24, 2.45) is 11.3 Å². The van der Waals surface area contributed by atoms with Crippen molar-refractivity contribution in [3.05, 3.63) is 23.9 Å². The summed E-state index contributed by atoms with van der Waals surface area (Å²) in [6.45, 7) is 6.59. The first-order valence-corrected chi connectivity index (χ1v) is 7.51. The highest BCUT2D eigenvalue weighted by molar-refractivity contribution is 5.36. The monoisotopic (exact) mass is 316 g/mol. The van der Waals surface area contributed by atoms with E-state index in [4.69, 9.17) is 0 Å². The standard InChI is InChI=1S/C16H23F3N2O/c1-14(2)7-6-11(8-15(14,3)22)9-20-13-5-4-12(10-21-13)16(17,18)19/h4-5,10-11,22H,6-9H2,1-3H3,(H,20,21).